The highest BCUT2D eigenvalue weighted by atomic mass is 14.7. The van der Waals surface area contributed by atoms with Gasteiger partial charge in [0.1, 0.15) is 0 Å². The summed E-state index contributed by atoms with van der Waals surface area (Å²) in [6.45, 7) is 0. The van der Waals surface area contributed by atoms with Crippen LogP contribution in [0.2, 0.25) is 0 Å². The van der Waals surface area contributed by atoms with Crippen LogP contribution in [0.5, 0.6) is 0 Å². The molecule has 124 valence electrons. The highest BCUT2D eigenvalue weighted by molar-refractivity contribution is 5.14. The van der Waals surface area contributed by atoms with Crippen molar-refractivity contribution in [1.82, 2.24) is 9.97 Å². The van der Waals surface area contributed by atoms with Gasteiger partial charge < -0.3 is 0 Å². The van der Waals surface area contributed by atoms with E-state index in [2.05, 4.69) is 60.7 Å². The van der Waals surface area contributed by atoms with Gasteiger partial charge in [0.15, 0.2) is 0 Å². The van der Waals surface area contributed by atoms with E-state index in [1.165, 1.54) is 22.8 Å². The second-order valence-corrected chi connectivity index (χ2v) is 6.34. The SMILES string of the molecule is C1=C\CCc2cccc(n2)CC/C=C\CCc2cccc(n2)CC/1. The summed E-state index contributed by atoms with van der Waals surface area (Å²) in [6.07, 6.45) is 17.5. The van der Waals surface area contributed by atoms with Crippen molar-refractivity contribution in [2.24, 2.45) is 0 Å². The number of hydrogen-bond donors (Lipinski definition) is 0. The quantitative estimate of drug-likeness (QED) is 0.636. The van der Waals surface area contributed by atoms with Gasteiger partial charge in [-0.1, -0.05) is 36.4 Å². The lowest BCUT2D eigenvalue weighted by Gasteiger charge is -2.04. The van der Waals surface area contributed by atoms with Crippen molar-refractivity contribution in [1.29, 1.82) is 0 Å². The summed E-state index contributed by atoms with van der Waals surface area (Å²) in [5.74, 6) is 0. The van der Waals surface area contributed by atoms with Crippen LogP contribution in [-0.2, 0) is 25.7 Å². The van der Waals surface area contributed by atoms with Crippen molar-refractivity contribution in [2.45, 2.75) is 51.4 Å². The Labute approximate surface area is 145 Å². The zero-order valence-corrected chi connectivity index (χ0v) is 14.3. The second kappa shape index (κ2) is 9.17. The van der Waals surface area contributed by atoms with Crippen molar-refractivity contribution in [3.8, 4) is 0 Å². The van der Waals surface area contributed by atoms with Crippen LogP contribution in [0.1, 0.15) is 48.5 Å². The van der Waals surface area contributed by atoms with Crippen molar-refractivity contribution in [2.75, 3.05) is 0 Å². The number of hydrogen-bond acceptors (Lipinski definition) is 2. The number of allylic oxidation sites excluding steroid dienone is 4. The molecule has 0 N–H and O–H groups in total. The van der Waals surface area contributed by atoms with Crippen LogP contribution >= 0.6 is 0 Å². The molecule has 0 saturated heterocycles. The van der Waals surface area contributed by atoms with Crippen molar-refractivity contribution in [3.05, 3.63) is 83.5 Å². The first kappa shape index (κ1) is 16.6. The van der Waals surface area contributed by atoms with E-state index in [9.17, 15) is 0 Å². The van der Waals surface area contributed by atoms with Crippen LogP contribution in [-0.4, -0.2) is 9.97 Å². The second-order valence-electron chi connectivity index (χ2n) is 6.34. The first-order chi connectivity index (χ1) is 11.9. The summed E-state index contributed by atoms with van der Waals surface area (Å²) in [7, 11) is 0. The molecule has 2 aromatic heterocycles. The summed E-state index contributed by atoms with van der Waals surface area (Å²) in [5.41, 5.74) is 4.82. The highest BCUT2D eigenvalue weighted by Gasteiger charge is 1.99. The fraction of sp³-hybridized carbons (Fsp3) is 0.364. The Bertz CT molecular complexity index is 589. The van der Waals surface area contributed by atoms with Gasteiger partial charge >= 0.3 is 0 Å². The molecule has 0 aromatic carbocycles. The topological polar surface area (TPSA) is 25.8 Å². The first-order valence-electron chi connectivity index (χ1n) is 9.10. The maximum absolute atomic E-state index is 4.78. The lowest BCUT2D eigenvalue weighted by molar-refractivity contribution is 0.855. The Kier molecular flexibility index (Phi) is 6.35. The molecule has 0 radical (unpaired) electrons. The number of nitrogens with zero attached hydrogens (tertiary/aromatic N) is 2. The maximum Gasteiger partial charge on any atom is 0.0410 e. The molecule has 0 aliphatic carbocycles. The molecule has 3 rings (SSSR count). The normalized spacial score (nSPS) is 19.0. The van der Waals surface area contributed by atoms with Gasteiger partial charge in [-0.25, -0.2) is 0 Å². The van der Waals surface area contributed by atoms with E-state index >= 15 is 0 Å². The van der Waals surface area contributed by atoms with Crippen LogP contribution in [0.4, 0.5) is 0 Å². The van der Waals surface area contributed by atoms with Gasteiger partial charge in [-0.2, -0.15) is 0 Å². The summed E-state index contributed by atoms with van der Waals surface area (Å²) in [6, 6.07) is 12.8. The minimum Gasteiger partial charge on any atom is -0.258 e. The third-order valence-corrected chi connectivity index (χ3v) is 4.33. The zero-order valence-electron chi connectivity index (χ0n) is 14.3. The molecule has 0 fully saturated rings. The Balaban J connectivity index is 1.68. The summed E-state index contributed by atoms with van der Waals surface area (Å²) in [4.78, 5) is 9.55. The van der Waals surface area contributed by atoms with E-state index in [1.807, 2.05) is 0 Å². The molecule has 0 unspecified atom stereocenters. The average molecular weight is 318 g/mol. The smallest absolute Gasteiger partial charge is 0.0410 e. The molecule has 0 atom stereocenters. The van der Waals surface area contributed by atoms with E-state index in [1.54, 1.807) is 0 Å². The molecular weight excluding hydrogens is 292 g/mol. The van der Waals surface area contributed by atoms with E-state index in [0.717, 1.165) is 51.4 Å². The molecule has 1 aliphatic heterocycles. The van der Waals surface area contributed by atoms with Crippen LogP contribution < -0.4 is 0 Å². The predicted octanol–water partition coefficient (Wildman–Crippen LogP) is 5.03. The number of aromatic nitrogens is 2. The minimum atomic E-state index is 1.02. The first-order valence-corrected chi connectivity index (χ1v) is 9.10. The molecule has 1 aliphatic rings. The number of rotatable bonds is 0. The lowest BCUT2D eigenvalue weighted by Crippen LogP contribution is -1.96. The van der Waals surface area contributed by atoms with Crippen molar-refractivity contribution < 1.29 is 0 Å². The van der Waals surface area contributed by atoms with Gasteiger partial charge in [-0.15, -0.1) is 0 Å². The van der Waals surface area contributed by atoms with E-state index in [0.29, 0.717) is 0 Å². The van der Waals surface area contributed by atoms with E-state index < -0.39 is 0 Å². The summed E-state index contributed by atoms with van der Waals surface area (Å²) < 4.78 is 0. The van der Waals surface area contributed by atoms with Gasteiger partial charge in [-0.05, 0) is 75.6 Å². The van der Waals surface area contributed by atoms with Gasteiger partial charge in [-0.3, -0.25) is 9.97 Å². The molecular formula is C22H26N2. The molecule has 0 amide bonds. The monoisotopic (exact) mass is 318 g/mol. The van der Waals surface area contributed by atoms with Gasteiger partial charge in [0.05, 0.1) is 0 Å². The minimum absolute atomic E-state index is 1.02. The van der Waals surface area contributed by atoms with E-state index in [4.69, 9.17) is 9.97 Å². The fourth-order valence-electron chi connectivity index (χ4n) is 3.01. The molecule has 2 nitrogen and oxygen atoms in total. The molecule has 0 saturated carbocycles. The molecule has 0 spiro atoms. The largest absolute Gasteiger partial charge is 0.258 e. The highest BCUT2D eigenvalue weighted by Crippen LogP contribution is 2.09. The standard InChI is InChI=1S/C22H26N2/c1-2-6-12-20-16-10-18-22(24-20)14-8-4-3-7-13-21-17-9-15-19(23-21)11-5-1/h1-4,9-10,15-18H,5-8,11-14H2/b2-1-,4-3-. The van der Waals surface area contributed by atoms with Crippen LogP contribution in [0, 0.1) is 0 Å². The Morgan fingerprint density at radius 3 is 1.04 bits per heavy atom. The third-order valence-electron chi connectivity index (χ3n) is 4.33. The van der Waals surface area contributed by atoms with Crippen molar-refractivity contribution >= 4 is 0 Å². The van der Waals surface area contributed by atoms with Crippen LogP contribution in [0.15, 0.2) is 60.7 Å². The maximum atomic E-state index is 4.78. The molecule has 2 aromatic rings. The fourth-order valence-corrected chi connectivity index (χ4v) is 3.01. The molecule has 24 heavy (non-hydrogen) atoms. The van der Waals surface area contributed by atoms with Gasteiger partial charge in [0.2, 0.25) is 0 Å². The molecule has 3 heterocycles. The zero-order chi connectivity index (χ0) is 16.5. The molecule has 2 heteroatoms. The number of pyridine rings is 2. The summed E-state index contributed by atoms with van der Waals surface area (Å²) in [5, 5.41) is 0. The number of fused-ring (bicyclic) bond motifs is 4. The Hall–Kier alpha value is -2.22. The van der Waals surface area contributed by atoms with Gasteiger partial charge in [0.25, 0.3) is 0 Å². The van der Waals surface area contributed by atoms with Crippen LogP contribution in [0.3, 0.4) is 0 Å². The average Bonchev–Trinajstić information content (AvgIpc) is 2.61. The Morgan fingerprint density at radius 2 is 0.750 bits per heavy atom. The van der Waals surface area contributed by atoms with Crippen molar-refractivity contribution in [3.63, 3.8) is 0 Å². The predicted molar refractivity (Wildman–Crippen MR) is 100 cm³/mol. The third kappa shape index (κ3) is 5.45. The van der Waals surface area contributed by atoms with Gasteiger partial charge in [0, 0.05) is 22.8 Å². The Morgan fingerprint density at radius 1 is 0.458 bits per heavy atom. The van der Waals surface area contributed by atoms with E-state index in [-0.39, 0.29) is 0 Å². The number of aryl methyl sites for hydroxylation is 4. The van der Waals surface area contributed by atoms with Crippen LogP contribution in [0.25, 0.3) is 0 Å². The molecule has 4 bridgehead atoms. The summed E-state index contributed by atoms with van der Waals surface area (Å²) >= 11 is 0. The lowest BCUT2D eigenvalue weighted by atomic mass is 10.1.